The molecular formula is C21H27N3O3. The van der Waals surface area contributed by atoms with Gasteiger partial charge in [0.2, 0.25) is 0 Å². The van der Waals surface area contributed by atoms with Gasteiger partial charge in [0.1, 0.15) is 11.5 Å². The maximum absolute atomic E-state index is 12.5. The van der Waals surface area contributed by atoms with Gasteiger partial charge in [0.15, 0.2) is 0 Å². The van der Waals surface area contributed by atoms with Crippen LogP contribution in [0.3, 0.4) is 0 Å². The molecule has 1 heterocycles. The van der Waals surface area contributed by atoms with Gasteiger partial charge in [0.25, 0.3) is 0 Å². The van der Waals surface area contributed by atoms with E-state index >= 15 is 0 Å². The van der Waals surface area contributed by atoms with Crippen molar-refractivity contribution in [3.8, 4) is 11.5 Å². The maximum atomic E-state index is 12.5. The molecule has 1 aliphatic rings. The zero-order valence-corrected chi connectivity index (χ0v) is 16.1. The molecule has 0 unspecified atom stereocenters. The minimum absolute atomic E-state index is 0.0800. The third-order valence-electron chi connectivity index (χ3n) is 4.46. The topological polar surface area (TPSA) is 54.0 Å². The van der Waals surface area contributed by atoms with Crippen LogP contribution in [-0.2, 0) is 0 Å². The van der Waals surface area contributed by atoms with Crippen molar-refractivity contribution < 1.29 is 14.3 Å². The summed E-state index contributed by atoms with van der Waals surface area (Å²) >= 11 is 0. The van der Waals surface area contributed by atoms with Crippen molar-refractivity contribution in [1.82, 2.24) is 4.90 Å². The van der Waals surface area contributed by atoms with Crippen LogP contribution in [0.25, 0.3) is 0 Å². The molecule has 6 heteroatoms. The SMILES string of the molecule is COc1cccc(NC(=O)N2CCN(c3ccc(OC(C)C)cc3)CC2)c1. The average Bonchev–Trinajstić information content (AvgIpc) is 2.68. The van der Waals surface area contributed by atoms with Gasteiger partial charge in [0.05, 0.1) is 13.2 Å². The number of amides is 2. The van der Waals surface area contributed by atoms with E-state index in [1.54, 1.807) is 7.11 Å². The largest absolute Gasteiger partial charge is 0.497 e. The molecule has 2 aromatic rings. The number of hydrogen-bond acceptors (Lipinski definition) is 4. The van der Waals surface area contributed by atoms with Crippen LogP contribution in [-0.4, -0.2) is 50.3 Å². The van der Waals surface area contributed by atoms with Gasteiger partial charge in [-0.15, -0.1) is 0 Å². The summed E-state index contributed by atoms with van der Waals surface area (Å²) in [5.74, 6) is 1.60. The van der Waals surface area contributed by atoms with E-state index in [-0.39, 0.29) is 12.1 Å². The van der Waals surface area contributed by atoms with Gasteiger partial charge >= 0.3 is 6.03 Å². The van der Waals surface area contributed by atoms with Crippen molar-refractivity contribution in [1.29, 1.82) is 0 Å². The Bertz CT molecular complexity index is 754. The Kier molecular flexibility index (Phi) is 6.06. The zero-order chi connectivity index (χ0) is 19.2. The molecule has 1 aliphatic heterocycles. The summed E-state index contributed by atoms with van der Waals surface area (Å²) in [6.45, 7) is 7.00. The summed E-state index contributed by atoms with van der Waals surface area (Å²) in [6, 6.07) is 15.4. The van der Waals surface area contributed by atoms with Crippen molar-refractivity contribution in [3.05, 3.63) is 48.5 Å². The first kappa shape index (κ1) is 18.9. The number of ether oxygens (including phenoxy) is 2. The molecule has 0 aromatic heterocycles. The highest BCUT2D eigenvalue weighted by Gasteiger charge is 2.21. The Morgan fingerprint density at radius 1 is 1.00 bits per heavy atom. The second kappa shape index (κ2) is 8.66. The van der Waals surface area contributed by atoms with Crippen LogP contribution < -0.4 is 19.7 Å². The number of anilines is 2. The number of carbonyl (C=O) groups excluding carboxylic acids is 1. The smallest absolute Gasteiger partial charge is 0.321 e. The average molecular weight is 369 g/mol. The molecular weight excluding hydrogens is 342 g/mol. The quantitative estimate of drug-likeness (QED) is 0.870. The molecule has 2 aromatic carbocycles. The number of hydrogen-bond donors (Lipinski definition) is 1. The second-order valence-electron chi connectivity index (χ2n) is 6.80. The van der Waals surface area contributed by atoms with Crippen LogP contribution in [0.2, 0.25) is 0 Å². The first-order chi connectivity index (χ1) is 13.0. The summed E-state index contributed by atoms with van der Waals surface area (Å²) in [7, 11) is 1.61. The first-order valence-corrected chi connectivity index (χ1v) is 9.27. The summed E-state index contributed by atoms with van der Waals surface area (Å²) in [6.07, 6.45) is 0.169. The zero-order valence-electron chi connectivity index (χ0n) is 16.1. The van der Waals surface area contributed by atoms with E-state index in [1.165, 1.54) is 0 Å². The Hall–Kier alpha value is -2.89. The van der Waals surface area contributed by atoms with Gasteiger partial charge in [-0.2, -0.15) is 0 Å². The van der Waals surface area contributed by atoms with Crippen LogP contribution in [0.15, 0.2) is 48.5 Å². The summed E-state index contributed by atoms with van der Waals surface area (Å²) in [5.41, 5.74) is 1.89. The molecule has 2 amide bonds. The third-order valence-corrected chi connectivity index (χ3v) is 4.46. The highest BCUT2D eigenvalue weighted by molar-refractivity contribution is 5.89. The number of rotatable bonds is 5. The molecule has 6 nitrogen and oxygen atoms in total. The number of urea groups is 1. The van der Waals surface area contributed by atoms with E-state index in [9.17, 15) is 4.79 Å². The molecule has 0 aliphatic carbocycles. The lowest BCUT2D eigenvalue weighted by Gasteiger charge is -2.36. The van der Waals surface area contributed by atoms with Gasteiger partial charge in [-0.3, -0.25) is 0 Å². The van der Waals surface area contributed by atoms with E-state index in [1.807, 2.05) is 55.1 Å². The van der Waals surface area contributed by atoms with Crippen LogP contribution in [0.1, 0.15) is 13.8 Å². The molecule has 1 saturated heterocycles. The molecule has 0 atom stereocenters. The summed E-state index contributed by atoms with van der Waals surface area (Å²) in [4.78, 5) is 16.6. The highest BCUT2D eigenvalue weighted by atomic mass is 16.5. The fraction of sp³-hybridized carbons (Fsp3) is 0.381. The lowest BCUT2D eigenvalue weighted by molar-refractivity contribution is 0.208. The molecule has 0 bridgehead atoms. The van der Waals surface area contributed by atoms with Crippen LogP contribution >= 0.6 is 0 Å². The van der Waals surface area contributed by atoms with Gasteiger partial charge in [-0.25, -0.2) is 4.79 Å². The lowest BCUT2D eigenvalue weighted by atomic mass is 10.2. The van der Waals surface area contributed by atoms with Crippen molar-refractivity contribution in [2.75, 3.05) is 43.5 Å². The van der Waals surface area contributed by atoms with Crippen molar-refractivity contribution in [2.24, 2.45) is 0 Å². The maximum Gasteiger partial charge on any atom is 0.321 e. The number of methoxy groups -OCH3 is 1. The summed E-state index contributed by atoms with van der Waals surface area (Å²) < 4.78 is 10.9. The molecule has 0 saturated carbocycles. The lowest BCUT2D eigenvalue weighted by Crippen LogP contribution is -2.50. The molecule has 1 fully saturated rings. The van der Waals surface area contributed by atoms with E-state index in [2.05, 4.69) is 22.3 Å². The number of piperazine rings is 1. The fourth-order valence-electron chi connectivity index (χ4n) is 3.08. The van der Waals surface area contributed by atoms with Gasteiger partial charge in [0, 0.05) is 43.6 Å². The van der Waals surface area contributed by atoms with Crippen molar-refractivity contribution >= 4 is 17.4 Å². The monoisotopic (exact) mass is 369 g/mol. The third kappa shape index (κ3) is 5.06. The molecule has 3 rings (SSSR count). The van der Waals surface area contributed by atoms with E-state index in [4.69, 9.17) is 9.47 Å². The van der Waals surface area contributed by atoms with Crippen molar-refractivity contribution in [2.45, 2.75) is 20.0 Å². The van der Waals surface area contributed by atoms with E-state index in [0.29, 0.717) is 13.1 Å². The second-order valence-corrected chi connectivity index (χ2v) is 6.80. The first-order valence-electron chi connectivity index (χ1n) is 9.27. The Morgan fingerprint density at radius 2 is 1.70 bits per heavy atom. The normalized spacial score (nSPS) is 14.2. The minimum Gasteiger partial charge on any atom is -0.497 e. The molecule has 1 N–H and O–H groups in total. The van der Waals surface area contributed by atoms with Gasteiger partial charge in [-0.1, -0.05) is 6.07 Å². The standard InChI is InChI=1S/C21H27N3O3/c1-16(2)27-19-9-7-18(8-10-19)23-11-13-24(14-12-23)21(25)22-17-5-4-6-20(15-17)26-3/h4-10,15-16H,11-14H2,1-3H3,(H,22,25). The Balaban J connectivity index is 1.52. The highest BCUT2D eigenvalue weighted by Crippen LogP contribution is 2.22. The minimum atomic E-state index is -0.0800. The van der Waals surface area contributed by atoms with E-state index < -0.39 is 0 Å². The van der Waals surface area contributed by atoms with E-state index in [0.717, 1.165) is 36.0 Å². The molecule has 144 valence electrons. The van der Waals surface area contributed by atoms with Gasteiger partial charge < -0.3 is 24.6 Å². The summed E-state index contributed by atoms with van der Waals surface area (Å²) in [5, 5.41) is 2.94. The molecule has 0 radical (unpaired) electrons. The fourth-order valence-corrected chi connectivity index (χ4v) is 3.08. The predicted molar refractivity (Wildman–Crippen MR) is 108 cm³/mol. The van der Waals surface area contributed by atoms with Crippen LogP contribution in [0.5, 0.6) is 11.5 Å². The molecule has 27 heavy (non-hydrogen) atoms. The van der Waals surface area contributed by atoms with Crippen LogP contribution in [0, 0.1) is 0 Å². The van der Waals surface area contributed by atoms with Gasteiger partial charge in [-0.05, 0) is 50.2 Å². The number of carbonyl (C=O) groups is 1. The van der Waals surface area contributed by atoms with Crippen molar-refractivity contribution in [3.63, 3.8) is 0 Å². The Labute approximate surface area is 160 Å². The van der Waals surface area contributed by atoms with Crippen LogP contribution in [0.4, 0.5) is 16.2 Å². The predicted octanol–water partition coefficient (Wildman–Crippen LogP) is 3.84. The molecule has 0 spiro atoms. The Morgan fingerprint density at radius 3 is 2.33 bits per heavy atom. The number of nitrogens with one attached hydrogen (secondary N) is 1. The number of nitrogens with zero attached hydrogens (tertiary/aromatic N) is 2. The number of benzene rings is 2.